The fourth-order valence-corrected chi connectivity index (χ4v) is 4.99. The van der Waals surface area contributed by atoms with Gasteiger partial charge >= 0.3 is 0 Å². The molecule has 0 unspecified atom stereocenters. The summed E-state index contributed by atoms with van der Waals surface area (Å²) in [5.41, 5.74) is 6.99. The maximum atomic E-state index is 12.6. The van der Waals surface area contributed by atoms with Gasteiger partial charge in [0.05, 0.1) is 36.3 Å². The van der Waals surface area contributed by atoms with E-state index in [0.29, 0.717) is 39.4 Å². The van der Waals surface area contributed by atoms with Crippen LogP contribution in [0.25, 0.3) is 0 Å². The Balaban J connectivity index is 1.69. The van der Waals surface area contributed by atoms with Crippen molar-refractivity contribution < 1.29 is 22.7 Å². The lowest BCUT2D eigenvalue weighted by Crippen LogP contribution is -2.29. The first-order valence-corrected chi connectivity index (χ1v) is 14.3. The third kappa shape index (κ3) is 7.45. The Morgan fingerprint density at radius 2 is 1.82 bits per heavy atom. The van der Waals surface area contributed by atoms with E-state index in [2.05, 4.69) is 33.0 Å². The number of hydrogen-bond acceptors (Lipinski definition) is 6. The third-order valence-electron chi connectivity index (χ3n) is 5.70. The van der Waals surface area contributed by atoms with Crippen LogP contribution in [-0.4, -0.2) is 40.5 Å². The Labute approximate surface area is 232 Å². The first-order chi connectivity index (χ1) is 18.0. The van der Waals surface area contributed by atoms with Gasteiger partial charge in [0.1, 0.15) is 6.61 Å². The van der Waals surface area contributed by atoms with Crippen LogP contribution in [0.1, 0.15) is 32.6 Å². The number of benzene rings is 3. The number of nitrogens with zero attached hydrogens (tertiary/aromatic N) is 2. The number of aryl methyl sites for hydroxylation is 2. The van der Waals surface area contributed by atoms with Crippen LogP contribution in [0.15, 0.2) is 76.8 Å². The quantitative estimate of drug-likeness (QED) is 0.181. The number of rotatable bonds is 11. The molecule has 8 nitrogen and oxygen atoms in total. The Kier molecular flexibility index (Phi) is 9.71. The van der Waals surface area contributed by atoms with Crippen LogP contribution in [0.4, 0.5) is 5.69 Å². The van der Waals surface area contributed by atoms with Crippen molar-refractivity contribution in [3.8, 4) is 11.5 Å². The zero-order chi connectivity index (χ0) is 27.9. The van der Waals surface area contributed by atoms with E-state index in [9.17, 15) is 13.2 Å². The number of halogens is 1. The van der Waals surface area contributed by atoms with Gasteiger partial charge in [-0.15, -0.1) is 0 Å². The molecule has 0 saturated carbocycles. The van der Waals surface area contributed by atoms with Crippen LogP contribution < -0.4 is 19.2 Å². The van der Waals surface area contributed by atoms with Gasteiger partial charge < -0.3 is 9.47 Å². The third-order valence-corrected chi connectivity index (χ3v) is 7.43. The highest BCUT2D eigenvalue weighted by Crippen LogP contribution is 2.36. The summed E-state index contributed by atoms with van der Waals surface area (Å²) >= 11 is 3.45. The summed E-state index contributed by atoms with van der Waals surface area (Å²) in [5.74, 6) is 0.646. The lowest BCUT2D eigenvalue weighted by molar-refractivity contribution is 0.0955. The molecule has 3 aromatic rings. The summed E-state index contributed by atoms with van der Waals surface area (Å²) in [4.78, 5) is 12.6. The minimum atomic E-state index is -3.52. The second kappa shape index (κ2) is 12.7. The second-order valence-corrected chi connectivity index (χ2v) is 11.3. The number of amides is 1. The molecule has 0 fully saturated rings. The SMILES string of the molecule is C=CCOc1c(Br)cc(/C=N\NC(=O)c2ccc(CN(c3ccc(C)c(C)c3)S(C)(=O)=O)cc2)cc1OC. The minimum absolute atomic E-state index is 0.143. The van der Waals surface area contributed by atoms with E-state index in [-0.39, 0.29) is 6.54 Å². The number of hydrazone groups is 1. The monoisotopic (exact) mass is 599 g/mol. The molecule has 0 heterocycles. The standard InChI is InChI=1S/C28H30BrN3O5S/c1-6-13-37-27-25(29)15-22(16-26(27)36-4)17-30-31-28(33)23-10-8-21(9-11-23)18-32(38(5,34)35)24-12-7-19(2)20(3)14-24/h6-12,14-17H,1,13,18H2,2-5H3,(H,31,33)/b30-17-. The van der Waals surface area contributed by atoms with Crippen LogP contribution in [0.3, 0.4) is 0 Å². The molecule has 0 aliphatic heterocycles. The fraction of sp³-hybridized carbons (Fsp3) is 0.214. The molecule has 3 aromatic carbocycles. The van der Waals surface area contributed by atoms with Gasteiger partial charge in [0.15, 0.2) is 11.5 Å². The maximum absolute atomic E-state index is 12.6. The van der Waals surface area contributed by atoms with Crippen LogP contribution >= 0.6 is 15.9 Å². The molecule has 3 rings (SSSR count). The molecule has 10 heteroatoms. The molecule has 0 radical (unpaired) electrons. The number of sulfonamides is 1. The number of methoxy groups -OCH3 is 1. The molecule has 1 amide bonds. The summed E-state index contributed by atoms with van der Waals surface area (Å²) in [6.07, 6.45) is 4.30. The molecule has 0 bridgehead atoms. The van der Waals surface area contributed by atoms with Crippen LogP contribution in [0.5, 0.6) is 11.5 Å². The van der Waals surface area contributed by atoms with Gasteiger partial charge in [-0.2, -0.15) is 5.10 Å². The number of hydrogen-bond donors (Lipinski definition) is 1. The number of carbonyl (C=O) groups excluding carboxylic acids is 1. The molecule has 0 spiro atoms. The van der Waals surface area contributed by atoms with Crippen LogP contribution in [0, 0.1) is 13.8 Å². The average molecular weight is 601 g/mol. The summed E-state index contributed by atoms with van der Waals surface area (Å²) in [6.45, 7) is 8.03. The van der Waals surface area contributed by atoms with Crippen molar-refractivity contribution in [2.45, 2.75) is 20.4 Å². The van der Waals surface area contributed by atoms with E-state index in [1.807, 2.05) is 26.0 Å². The Morgan fingerprint density at radius 1 is 1.11 bits per heavy atom. The second-order valence-electron chi connectivity index (χ2n) is 8.57. The van der Waals surface area contributed by atoms with Crippen molar-refractivity contribution in [2.24, 2.45) is 5.10 Å². The lowest BCUT2D eigenvalue weighted by Gasteiger charge is -2.23. The molecule has 1 N–H and O–H groups in total. The number of ether oxygens (including phenoxy) is 2. The van der Waals surface area contributed by atoms with Crippen molar-refractivity contribution in [1.82, 2.24) is 5.43 Å². The zero-order valence-electron chi connectivity index (χ0n) is 21.7. The van der Waals surface area contributed by atoms with Gasteiger partial charge in [0, 0.05) is 5.56 Å². The molecule has 0 aliphatic carbocycles. The summed E-state index contributed by atoms with van der Waals surface area (Å²) < 4.78 is 38.0. The van der Waals surface area contributed by atoms with Gasteiger partial charge in [-0.3, -0.25) is 9.10 Å². The molecular weight excluding hydrogens is 570 g/mol. The fourth-order valence-electron chi connectivity index (χ4n) is 3.53. The predicted octanol–water partition coefficient (Wildman–Crippen LogP) is 5.37. The Hall–Kier alpha value is -3.63. The van der Waals surface area contributed by atoms with Crippen LogP contribution in [0.2, 0.25) is 0 Å². The Bertz CT molecular complexity index is 1450. The van der Waals surface area contributed by atoms with E-state index in [1.54, 1.807) is 48.5 Å². The number of anilines is 1. The largest absolute Gasteiger partial charge is 0.493 e. The van der Waals surface area contributed by atoms with E-state index in [0.717, 1.165) is 16.7 Å². The molecule has 0 aromatic heterocycles. The van der Waals surface area contributed by atoms with Crippen molar-refractivity contribution in [2.75, 3.05) is 24.3 Å². The smallest absolute Gasteiger partial charge is 0.271 e. The summed E-state index contributed by atoms with van der Waals surface area (Å²) in [7, 11) is -1.98. The average Bonchev–Trinajstić information content (AvgIpc) is 2.87. The Morgan fingerprint density at radius 3 is 2.42 bits per heavy atom. The molecule has 38 heavy (non-hydrogen) atoms. The topological polar surface area (TPSA) is 97.3 Å². The number of nitrogens with one attached hydrogen (secondary N) is 1. The highest BCUT2D eigenvalue weighted by Gasteiger charge is 2.19. The van der Waals surface area contributed by atoms with Gasteiger partial charge in [-0.25, -0.2) is 13.8 Å². The molecule has 0 atom stereocenters. The van der Waals surface area contributed by atoms with Gasteiger partial charge in [-0.1, -0.05) is 30.9 Å². The lowest BCUT2D eigenvalue weighted by atomic mass is 10.1. The normalized spacial score (nSPS) is 11.3. The van der Waals surface area contributed by atoms with Crippen molar-refractivity contribution >= 4 is 43.8 Å². The van der Waals surface area contributed by atoms with E-state index in [4.69, 9.17) is 9.47 Å². The van der Waals surface area contributed by atoms with Gasteiger partial charge in [-0.05, 0) is 88.4 Å². The first-order valence-electron chi connectivity index (χ1n) is 11.6. The van der Waals surface area contributed by atoms with E-state index < -0.39 is 15.9 Å². The molecule has 0 saturated heterocycles. The van der Waals surface area contributed by atoms with Crippen molar-refractivity contribution in [3.05, 3.63) is 99.5 Å². The number of carbonyl (C=O) groups is 1. The summed E-state index contributed by atoms with van der Waals surface area (Å²) in [6, 6.07) is 15.8. The summed E-state index contributed by atoms with van der Waals surface area (Å²) in [5, 5.41) is 4.04. The van der Waals surface area contributed by atoms with Crippen molar-refractivity contribution in [1.29, 1.82) is 0 Å². The van der Waals surface area contributed by atoms with Crippen molar-refractivity contribution in [3.63, 3.8) is 0 Å². The maximum Gasteiger partial charge on any atom is 0.271 e. The highest BCUT2D eigenvalue weighted by molar-refractivity contribution is 9.10. The highest BCUT2D eigenvalue weighted by atomic mass is 79.9. The van der Waals surface area contributed by atoms with Gasteiger partial charge in [0.25, 0.3) is 5.91 Å². The zero-order valence-corrected chi connectivity index (χ0v) is 24.1. The van der Waals surface area contributed by atoms with E-state index in [1.165, 1.54) is 23.9 Å². The first kappa shape index (κ1) is 28.9. The molecule has 0 aliphatic rings. The molecular formula is C28H30BrN3O5S. The van der Waals surface area contributed by atoms with Gasteiger partial charge in [0.2, 0.25) is 10.0 Å². The molecule has 200 valence electrons. The van der Waals surface area contributed by atoms with Crippen LogP contribution in [-0.2, 0) is 16.6 Å². The predicted molar refractivity (Wildman–Crippen MR) is 155 cm³/mol. The minimum Gasteiger partial charge on any atom is -0.493 e. The van der Waals surface area contributed by atoms with E-state index >= 15 is 0 Å².